The molecule has 0 amide bonds. The molecule has 68 valence electrons. The van der Waals surface area contributed by atoms with Crippen molar-refractivity contribution in [2.75, 3.05) is 12.3 Å². The third-order valence-corrected chi connectivity index (χ3v) is 3.47. The number of halogens is 1. The predicted octanol–water partition coefficient (Wildman–Crippen LogP) is 2.43. The zero-order valence-corrected chi connectivity index (χ0v) is 8.55. The molecule has 0 aliphatic carbocycles. The van der Waals surface area contributed by atoms with Gasteiger partial charge in [0.25, 0.3) is 0 Å². The van der Waals surface area contributed by atoms with E-state index < -0.39 is 0 Å². The van der Waals surface area contributed by atoms with Crippen LogP contribution in [0.2, 0.25) is 0 Å². The molecule has 1 aliphatic rings. The maximum absolute atomic E-state index is 5.44. The second kappa shape index (κ2) is 7.26. The van der Waals surface area contributed by atoms with Gasteiger partial charge >= 0.3 is 0 Å². The van der Waals surface area contributed by atoms with Crippen LogP contribution in [0.4, 0.5) is 0 Å². The van der Waals surface area contributed by atoms with Crippen molar-refractivity contribution in [3.63, 3.8) is 0 Å². The van der Waals surface area contributed by atoms with Gasteiger partial charge in [-0.2, -0.15) is 11.8 Å². The molecule has 0 saturated carbocycles. The quantitative estimate of drug-likeness (QED) is 0.749. The van der Waals surface area contributed by atoms with Crippen LogP contribution >= 0.6 is 24.2 Å². The smallest absolute Gasteiger partial charge is 0.00475 e. The molecule has 1 rings (SSSR count). The zero-order valence-electron chi connectivity index (χ0n) is 6.92. The molecule has 0 aromatic carbocycles. The molecule has 1 fully saturated rings. The molecule has 0 spiro atoms. The van der Waals surface area contributed by atoms with Crippen LogP contribution in [0.15, 0.2) is 0 Å². The lowest BCUT2D eigenvalue weighted by molar-refractivity contribution is 0.610. The summed E-state index contributed by atoms with van der Waals surface area (Å²) in [5.74, 6) is 1.38. The van der Waals surface area contributed by atoms with Gasteiger partial charge in [-0.3, -0.25) is 0 Å². The van der Waals surface area contributed by atoms with Gasteiger partial charge in [-0.15, -0.1) is 12.4 Å². The number of thioether (sulfide) groups is 1. The van der Waals surface area contributed by atoms with Crippen molar-refractivity contribution in [2.45, 2.75) is 37.4 Å². The van der Waals surface area contributed by atoms with E-state index in [2.05, 4.69) is 11.8 Å². The molecule has 0 radical (unpaired) electrons. The van der Waals surface area contributed by atoms with Crippen LogP contribution in [0.3, 0.4) is 0 Å². The molecular weight excluding hydrogens is 178 g/mol. The van der Waals surface area contributed by atoms with Crippen LogP contribution in [0.5, 0.6) is 0 Å². The first kappa shape index (κ1) is 11.6. The van der Waals surface area contributed by atoms with Crippen molar-refractivity contribution in [1.82, 2.24) is 0 Å². The highest BCUT2D eigenvalue weighted by Gasteiger charge is 2.12. The third-order valence-electron chi connectivity index (χ3n) is 2.00. The topological polar surface area (TPSA) is 26.0 Å². The van der Waals surface area contributed by atoms with E-state index in [1.807, 2.05) is 0 Å². The molecule has 1 aliphatic heterocycles. The Morgan fingerprint density at radius 3 is 2.73 bits per heavy atom. The van der Waals surface area contributed by atoms with Gasteiger partial charge in [0.15, 0.2) is 0 Å². The largest absolute Gasteiger partial charge is 0.330 e. The maximum atomic E-state index is 5.44. The maximum Gasteiger partial charge on any atom is 0.00475 e. The van der Waals surface area contributed by atoms with Gasteiger partial charge in [-0.1, -0.05) is 6.42 Å². The average molecular weight is 196 g/mol. The van der Waals surface area contributed by atoms with E-state index in [9.17, 15) is 0 Å². The summed E-state index contributed by atoms with van der Waals surface area (Å²) < 4.78 is 0. The fraction of sp³-hybridized carbons (Fsp3) is 1.00. The van der Waals surface area contributed by atoms with Crippen molar-refractivity contribution in [3.05, 3.63) is 0 Å². The van der Waals surface area contributed by atoms with E-state index in [1.54, 1.807) is 0 Å². The first-order valence-corrected chi connectivity index (χ1v) is 5.30. The van der Waals surface area contributed by atoms with E-state index in [-0.39, 0.29) is 12.4 Å². The average Bonchev–Trinajstić information content (AvgIpc) is 2.03. The molecule has 3 heteroatoms. The van der Waals surface area contributed by atoms with Gasteiger partial charge in [-0.25, -0.2) is 0 Å². The van der Waals surface area contributed by atoms with Crippen LogP contribution < -0.4 is 5.73 Å². The van der Waals surface area contributed by atoms with Crippen molar-refractivity contribution in [2.24, 2.45) is 5.73 Å². The lowest BCUT2D eigenvalue weighted by Crippen LogP contribution is -2.11. The normalized spacial score (nSPS) is 24.3. The first-order valence-electron chi connectivity index (χ1n) is 4.25. The lowest BCUT2D eigenvalue weighted by atomic mass is 10.1. The minimum absolute atomic E-state index is 0. The lowest BCUT2D eigenvalue weighted by Gasteiger charge is -2.20. The highest BCUT2D eigenvalue weighted by atomic mass is 35.5. The number of rotatable bonds is 3. The van der Waals surface area contributed by atoms with E-state index in [4.69, 9.17) is 5.73 Å². The van der Waals surface area contributed by atoms with Crippen LogP contribution in [-0.4, -0.2) is 17.5 Å². The highest BCUT2D eigenvalue weighted by Crippen LogP contribution is 2.27. The monoisotopic (exact) mass is 195 g/mol. The molecule has 0 bridgehead atoms. The summed E-state index contributed by atoms with van der Waals surface area (Å²) in [6.07, 6.45) is 6.88. The van der Waals surface area contributed by atoms with Gasteiger partial charge in [0.2, 0.25) is 0 Å². The number of hydrogen-bond acceptors (Lipinski definition) is 2. The van der Waals surface area contributed by atoms with Crippen LogP contribution in [0, 0.1) is 0 Å². The van der Waals surface area contributed by atoms with Gasteiger partial charge in [-0.05, 0) is 38.0 Å². The number of nitrogens with two attached hydrogens (primary N) is 1. The van der Waals surface area contributed by atoms with E-state index in [0.29, 0.717) is 0 Å². The van der Waals surface area contributed by atoms with Gasteiger partial charge < -0.3 is 5.73 Å². The molecule has 1 atom stereocenters. The van der Waals surface area contributed by atoms with Gasteiger partial charge in [0.1, 0.15) is 0 Å². The van der Waals surface area contributed by atoms with E-state index in [1.165, 1.54) is 37.9 Å². The van der Waals surface area contributed by atoms with E-state index in [0.717, 1.165) is 11.8 Å². The Balaban J connectivity index is 0.000001000. The molecule has 2 N–H and O–H groups in total. The summed E-state index contributed by atoms with van der Waals surface area (Å²) in [5, 5.41) is 0.942. The highest BCUT2D eigenvalue weighted by molar-refractivity contribution is 7.99. The Kier molecular flexibility index (Phi) is 7.66. The van der Waals surface area contributed by atoms with Crippen LogP contribution in [-0.2, 0) is 0 Å². The predicted molar refractivity (Wildman–Crippen MR) is 55.6 cm³/mol. The molecule has 1 unspecified atom stereocenters. The Hall–Kier alpha value is 0.600. The van der Waals surface area contributed by atoms with Crippen molar-refractivity contribution < 1.29 is 0 Å². The summed E-state index contributed by atoms with van der Waals surface area (Å²) >= 11 is 2.15. The summed E-state index contributed by atoms with van der Waals surface area (Å²) in [5.41, 5.74) is 5.44. The van der Waals surface area contributed by atoms with Crippen molar-refractivity contribution in [1.29, 1.82) is 0 Å². The molecule has 1 nitrogen and oxygen atoms in total. The summed E-state index contributed by atoms with van der Waals surface area (Å²) in [4.78, 5) is 0. The second-order valence-corrected chi connectivity index (χ2v) is 4.33. The Morgan fingerprint density at radius 2 is 2.18 bits per heavy atom. The minimum atomic E-state index is 0. The summed E-state index contributed by atoms with van der Waals surface area (Å²) in [6.45, 7) is 0.872. The molecule has 0 aromatic rings. The second-order valence-electron chi connectivity index (χ2n) is 2.92. The molecule has 0 aromatic heterocycles. The third kappa shape index (κ3) is 4.94. The molecule has 1 heterocycles. The SMILES string of the molecule is Cl.NCCCC1CCCCS1. The van der Waals surface area contributed by atoms with E-state index >= 15 is 0 Å². The fourth-order valence-electron chi connectivity index (χ4n) is 1.38. The first-order chi connectivity index (χ1) is 4.93. The van der Waals surface area contributed by atoms with Crippen LogP contribution in [0.1, 0.15) is 32.1 Å². The standard InChI is InChI=1S/C8H17NS.ClH/c9-6-3-5-8-4-1-2-7-10-8;/h8H,1-7,9H2;1H. The Bertz CT molecular complexity index is 84.2. The minimum Gasteiger partial charge on any atom is -0.330 e. The zero-order chi connectivity index (χ0) is 7.23. The summed E-state index contributed by atoms with van der Waals surface area (Å²) in [6, 6.07) is 0. The fourth-order valence-corrected chi connectivity index (χ4v) is 2.75. The van der Waals surface area contributed by atoms with Crippen molar-refractivity contribution in [3.8, 4) is 0 Å². The Labute approximate surface area is 79.9 Å². The molecular formula is C8H18ClNS. The molecule has 1 saturated heterocycles. The van der Waals surface area contributed by atoms with Gasteiger partial charge in [0.05, 0.1) is 0 Å². The van der Waals surface area contributed by atoms with Gasteiger partial charge in [0, 0.05) is 5.25 Å². The molecule has 11 heavy (non-hydrogen) atoms. The summed E-state index contributed by atoms with van der Waals surface area (Å²) in [7, 11) is 0. The number of hydrogen-bond donors (Lipinski definition) is 1. The van der Waals surface area contributed by atoms with Crippen LogP contribution in [0.25, 0.3) is 0 Å². The van der Waals surface area contributed by atoms with Crippen molar-refractivity contribution >= 4 is 24.2 Å². The Morgan fingerprint density at radius 1 is 1.36 bits per heavy atom.